The van der Waals surface area contributed by atoms with Gasteiger partial charge in [-0.1, -0.05) is 48.0 Å². The van der Waals surface area contributed by atoms with Crippen LogP contribution in [0.5, 0.6) is 0 Å². The summed E-state index contributed by atoms with van der Waals surface area (Å²) >= 11 is 6.07. The van der Waals surface area contributed by atoms with E-state index in [1.807, 2.05) is 47.4 Å². The molecule has 1 aromatic heterocycles. The summed E-state index contributed by atoms with van der Waals surface area (Å²) in [5, 5.41) is 2.00. The predicted molar refractivity (Wildman–Crippen MR) is 102 cm³/mol. The molecule has 1 amide bonds. The smallest absolute Gasteiger partial charge is 0.226 e. The molecule has 1 N–H and O–H groups in total. The Morgan fingerprint density at radius 3 is 2.64 bits per heavy atom. The number of carbonyl (C=O) groups is 1. The number of benzene rings is 2. The van der Waals surface area contributed by atoms with E-state index in [0.29, 0.717) is 12.3 Å². The van der Waals surface area contributed by atoms with Crippen LogP contribution in [0.1, 0.15) is 29.9 Å². The Balaban J connectivity index is 1.41. The first kappa shape index (κ1) is 16.2. The van der Waals surface area contributed by atoms with Gasteiger partial charge in [-0.3, -0.25) is 4.79 Å². The highest BCUT2D eigenvalue weighted by atomic mass is 35.5. The second kappa shape index (κ2) is 6.93. The van der Waals surface area contributed by atoms with Crippen molar-refractivity contribution in [3.63, 3.8) is 0 Å². The average molecular weight is 353 g/mol. The molecule has 4 heteroatoms. The van der Waals surface area contributed by atoms with Crippen molar-refractivity contribution in [2.75, 3.05) is 13.1 Å². The van der Waals surface area contributed by atoms with E-state index in [1.165, 1.54) is 10.9 Å². The highest BCUT2D eigenvalue weighted by Crippen LogP contribution is 2.34. The van der Waals surface area contributed by atoms with E-state index < -0.39 is 0 Å². The quantitative estimate of drug-likeness (QED) is 0.724. The predicted octanol–water partition coefficient (Wildman–Crippen LogP) is 4.77. The Morgan fingerprint density at radius 2 is 1.88 bits per heavy atom. The number of fused-ring (bicyclic) bond motifs is 1. The van der Waals surface area contributed by atoms with Crippen LogP contribution in [0.15, 0.2) is 54.7 Å². The zero-order valence-electron chi connectivity index (χ0n) is 14.0. The Hall–Kier alpha value is -2.26. The summed E-state index contributed by atoms with van der Waals surface area (Å²) in [5.74, 6) is 0.728. The lowest BCUT2D eigenvalue weighted by atomic mass is 9.89. The van der Waals surface area contributed by atoms with Gasteiger partial charge in [0.2, 0.25) is 5.91 Å². The van der Waals surface area contributed by atoms with Crippen LogP contribution in [0.2, 0.25) is 5.02 Å². The van der Waals surface area contributed by atoms with Gasteiger partial charge in [-0.05, 0) is 42.0 Å². The summed E-state index contributed by atoms with van der Waals surface area (Å²) in [6.45, 7) is 1.66. The lowest BCUT2D eigenvalue weighted by Crippen LogP contribution is -2.38. The van der Waals surface area contributed by atoms with Crippen LogP contribution >= 0.6 is 11.6 Å². The largest absolute Gasteiger partial charge is 0.361 e. The van der Waals surface area contributed by atoms with Gasteiger partial charge in [-0.25, -0.2) is 0 Å². The van der Waals surface area contributed by atoms with Crippen molar-refractivity contribution >= 4 is 28.4 Å². The molecule has 0 spiro atoms. The number of likely N-dealkylation sites (tertiary alicyclic amines) is 1. The molecule has 1 aliphatic heterocycles. The second-order valence-corrected chi connectivity index (χ2v) is 7.19. The van der Waals surface area contributed by atoms with Gasteiger partial charge in [-0.15, -0.1) is 0 Å². The number of nitrogens with zero attached hydrogens (tertiary/aromatic N) is 1. The third kappa shape index (κ3) is 3.42. The number of aromatic nitrogens is 1. The maximum atomic E-state index is 12.5. The molecule has 1 aliphatic rings. The molecular weight excluding hydrogens is 332 g/mol. The summed E-state index contributed by atoms with van der Waals surface area (Å²) in [6, 6.07) is 16.0. The summed E-state index contributed by atoms with van der Waals surface area (Å²) in [7, 11) is 0. The van der Waals surface area contributed by atoms with E-state index in [9.17, 15) is 4.79 Å². The number of hydrogen-bond acceptors (Lipinski definition) is 1. The zero-order chi connectivity index (χ0) is 17.2. The SMILES string of the molecule is O=C(Cc1ccccc1)N1CCC(c2c[nH]c3cc(Cl)ccc23)CC1. The van der Waals surface area contributed by atoms with E-state index in [2.05, 4.69) is 17.2 Å². The Kier molecular flexibility index (Phi) is 4.50. The molecule has 3 aromatic rings. The molecule has 3 nitrogen and oxygen atoms in total. The third-order valence-electron chi connectivity index (χ3n) is 5.16. The number of nitrogens with one attached hydrogen (secondary N) is 1. The fourth-order valence-corrected chi connectivity index (χ4v) is 3.95. The Bertz CT molecular complexity index is 879. The van der Waals surface area contributed by atoms with Crippen LogP contribution in [-0.2, 0) is 11.2 Å². The minimum absolute atomic E-state index is 0.232. The van der Waals surface area contributed by atoms with E-state index in [0.717, 1.165) is 42.0 Å². The Labute approximate surface area is 152 Å². The topological polar surface area (TPSA) is 36.1 Å². The molecule has 1 fully saturated rings. The number of H-pyrrole nitrogens is 1. The number of halogens is 1. The number of hydrogen-bond donors (Lipinski definition) is 1. The normalized spacial score (nSPS) is 15.6. The lowest BCUT2D eigenvalue weighted by Gasteiger charge is -2.32. The van der Waals surface area contributed by atoms with Crippen molar-refractivity contribution in [3.05, 3.63) is 70.9 Å². The first-order chi connectivity index (χ1) is 12.2. The maximum Gasteiger partial charge on any atom is 0.226 e. The summed E-state index contributed by atoms with van der Waals surface area (Å²) < 4.78 is 0. The summed E-state index contributed by atoms with van der Waals surface area (Å²) in [6.07, 6.45) is 4.62. The van der Waals surface area contributed by atoms with Gasteiger partial charge in [0.15, 0.2) is 0 Å². The molecular formula is C21H21ClN2O. The highest BCUT2D eigenvalue weighted by Gasteiger charge is 2.25. The molecule has 1 saturated heterocycles. The van der Waals surface area contributed by atoms with Crippen LogP contribution in [0.25, 0.3) is 10.9 Å². The minimum atomic E-state index is 0.232. The monoisotopic (exact) mass is 352 g/mol. The van der Waals surface area contributed by atoms with Crippen LogP contribution in [0.4, 0.5) is 0 Å². The molecule has 0 radical (unpaired) electrons. The van der Waals surface area contributed by atoms with Gasteiger partial charge in [0.1, 0.15) is 0 Å². The van der Waals surface area contributed by atoms with Crippen LogP contribution < -0.4 is 0 Å². The summed E-state index contributed by atoms with van der Waals surface area (Å²) in [5.41, 5.74) is 3.52. The number of piperidine rings is 1. The van der Waals surface area contributed by atoms with Crippen molar-refractivity contribution in [1.82, 2.24) is 9.88 Å². The van der Waals surface area contributed by atoms with E-state index >= 15 is 0 Å². The average Bonchev–Trinajstić information content (AvgIpc) is 3.05. The number of carbonyl (C=O) groups excluding carboxylic acids is 1. The standard InChI is InChI=1S/C21H21ClN2O/c22-17-6-7-18-19(14-23-20(18)13-17)16-8-10-24(11-9-16)21(25)12-15-4-2-1-3-5-15/h1-7,13-14,16,23H,8-12H2. The first-order valence-electron chi connectivity index (χ1n) is 8.79. The van der Waals surface area contributed by atoms with Crippen molar-refractivity contribution in [3.8, 4) is 0 Å². The third-order valence-corrected chi connectivity index (χ3v) is 5.40. The van der Waals surface area contributed by atoms with Gasteiger partial charge in [0.25, 0.3) is 0 Å². The molecule has 4 rings (SSSR count). The fourth-order valence-electron chi connectivity index (χ4n) is 3.78. The highest BCUT2D eigenvalue weighted by molar-refractivity contribution is 6.31. The molecule has 128 valence electrons. The molecule has 0 atom stereocenters. The van der Waals surface area contributed by atoms with Crippen LogP contribution in [0.3, 0.4) is 0 Å². The molecule has 2 heterocycles. The van der Waals surface area contributed by atoms with Gasteiger partial charge in [0, 0.05) is 35.2 Å². The molecule has 2 aromatic carbocycles. The lowest BCUT2D eigenvalue weighted by molar-refractivity contribution is -0.131. The van der Waals surface area contributed by atoms with Crippen LogP contribution in [-0.4, -0.2) is 28.9 Å². The van der Waals surface area contributed by atoms with Crippen molar-refractivity contribution in [2.45, 2.75) is 25.2 Å². The molecule has 0 unspecified atom stereocenters. The second-order valence-electron chi connectivity index (χ2n) is 6.75. The molecule has 25 heavy (non-hydrogen) atoms. The Morgan fingerprint density at radius 1 is 1.12 bits per heavy atom. The molecule has 0 aliphatic carbocycles. The van der Waals surface area contributed by atoms with Gasteiger partial charge < -0.3 is 9.88 Å². The van der Waals surface area contributed by atoms with Gasteiger partial charge in [0.05, 0.1) is 6.42 Å². The van der Waals surface area contributed by atoms with Gasteiger partial charge in [-0.2, -0.15) is 0 Å². The van der Waals surface area contributed by atoms with Crippen molar-refractivity contribution < 1.29 is 4.79 Å². The maximum absolute atomic E-state index is 12.5. The molecule has 0 saturated carbocycles. The summed E-state index contributed by atoms with van der Waals surface area (Å²) in [4.78, 5) is 17.9. The number of rotatable bonds is 3. The number of amides is 1. The van der Waals surface area contributed by atoms with E-state index in [-0.39, 0.29) is 5.91 Å². The molecule has 0 bridgehead atoms. The van der Waals surface area contributed by atoms with Crippen LogP contribution in [0, 0.1) is 0 Å². The minimum Gasteiger partial charge on any atom is -0.361 e. The van der Waals surface area contributed by atoms with E-state index in [1.54, 1.807) is 0 Å². The van der Waals surface area contributed by atoms with Gasteiger partial charge >= 0.3 is 0 Å². The number of aromatic amines is 1. The van der Waals surface area contributed by atoms with Crippen molar-refractivity contribution in [1.29, 1.82) is 0 Å². The van der Waals surface area contributed by atoms with E-state index in [4.69, 9.17) is 11.6 Å². The first-order valence-corrected chi connectivity index (χ1v) is 9.17. The zero-order valence-corrected chi connectivity index (χ0v) is 14.8. The van der Waals surface area contributed by atoms with Crippen molar-refractivity contribution in [2.24, 2.45) is 0 Å². The fraction of sp³-hybridized carbons (Fsp3) is 0.286.